The number of rotatable bonds is 4. The first kappa shape index (κ1) is 10.7. The Hall–Kier alpha value is -1.35. The second kappa shape index (κ2) is 4.77. The lowest BCUT2D eigenvalue weighted by Gasteiger charge is -2.10. The summed E-state index contributed by atoms with van der Waals surface area (Å²) in [5.41, 5.74) is 2.55. The normalized spacial score (nSPS) is 9.93. The zero-order valence-corrected chi connectivity index (χ0v) is 8.66. The van der Waals surface area contributed by atoms with E-state index in [1.807, 2.05) is 26.0 Å². The van der Waals surface area contributed by atoms with Gasteiger partial charge in [0.05, 0.1) is 0 Å². The molecule has 76 valence electrons. The molecule has 0 heterocycles. The van der Waals surface area contributed by atoms with Crippen molar-refractivity contribution in [2.75, 3.05) is 13.9 Å². The number of aryl methyl sites for hydroxylation is 2. The minimum absolute atomic E-state index is 0.223. The van der Waals surface area contributed by atoms with Crippen molar-refractivity contribution in [2.24, 2.45) is 0 Å². The van der Waals surface area contributed by atoms with Gasteiger partial charge in [-0.15, -0.1) is 0 Å². The van der Waals surface area contributed by atoms with E-state index in [4.69, 9.17) is 9.47 Å². The summed E-state index contributed by atoms with van der Waals surface area (Å²) in [6, 6.07) is 3.66. The molecule has 1 aromatic carbocycles. The number of benzene rings is 1. The highest BCUT2D eigenvalue weighted by molar-refractivity contribution is 5.78. The van der Waals surface area contributed by atoms with E-state index in [1.54, 1.807) is 7.11 Å². The van der Waals surface area contributed by atoms with Gasteiger partial charge in [0.15, 0.2) is 6.79 Å². The monoisotopic (exact) mass is 194 g/mol. The average Bonchev–Trinajstić information content (AvgIpc) is 2.18. The van der Waals surface area contributed by atoms with Crippen molar-refractivity contribution in [2.45, 2.75) is 13.8 Å². The molecule has 0 aliphatic carbocycles. The predicted molar refractivity (Wildman–Crippen MR) is 53.8 cm³/mol. The molecule has 0 atom stereocenters. The largest absolute Gasteiger partial charge is 0.467 e. The Bertz CT molecular complexity index is 332. The van der Waals surface area contributed by atoms with Crippen molar-refractivity contribution in [1.29, 1.82) is 0 Å². The van der Waals surface area contributed by atoms with Crippen LogP contribution < -0.4 is 4.74 Å². The van der Waals surface area contributed by atoms with E-state index in [-0.39, 0.29) is 6.79 Å². The first-order valence-electron chi connectivity index (χ1n) is 4.37. The van der Waals surface area contributed by atoms with E-state index in [1.165, 1.54) is 0 Å². The molecular formula is C11H14O3. The molecule has 1 aromatic rings. The number of carbonyl (C=O) groups is 1. The summed E-state index contributed by atoms with van der Waals surface area (Å²) in [5.74, 6) is 0.759. The molecule has 0 aliphatic heterocycles. The minimum Gasteiger partial charge on any atom is -0.467 e. The van der Waals surface area contributed by atoms with Gasteiger partial charge in [-0.2, -0.15) is 0 Å². The van der Waals surface area contributed by atoms with Gasteiger partial charge in [0.25, 0.3) is 0 Å². The fraction of sp³-hybridized carbons (Fsp3) is 0.364. The van der Waals surface area contributed by atoms with Crippen molar-refractivity contribution in [3.63, 3.8) is 0 Å². The lowest BCUT2D eigenvalue weighted by Crippen LogP contribution is -2.01. The predicted octanol–water partition coefficient (Wildman–Crippen LogP) is 2.10. The summed E-state index contributed by atoms with van der Waals surface area (Å²) >= 11 is 0. The highest BCUT2D eigenvalue weighted by atomic mass is 16.7. The molecule has 0 bridgehead atoms. The number of ether oxygens (including phenoxy) is 2. The summed E-state index contributed by atoms with van der Waals surface area (Å²) in [7, 11) is 1.57. The van der Waals surface area contributed by atoms with Crippen LogP contribution >= 0.6 is 0 Å². The van der Waals surface area contributed by atoms with Crippen LogP contribution in [0.15, 0.2) is 12.1 Å². The van der Waals surface area contributed by atoms with Crippen LogP contribution in [0, 0.1) is 13.8 Å². The highest BCUT2D eigenvalue weighted by Crippen LogP contribution is 2.21. The molecule has 3 nitrogen and oxygen atoms in total. The van der Waals surface area contributed by atoms with Gasteiger partial charge in [0.2, 0.25) is 0 Å². The van der Waals surface area contributed by atoms with E-state index in [0.717, 1.165) is 23.2 Å². The minimum atomic E-state index is 0.223. The SMILES string of the molecule is COCOc1cc(C)c(C=O)cc1C. The van der Waals surface area contributed by atoms with Gasteiger partial charge >= 0.3 is 0 Å². The molecular weight excluding hydrogens is 180 g/mol. The van der Waals surface area contributed by atoms with Crippen LogP contribution in [0.5, 0.6) is 5.75 Å². The number of carbonyl (C=O) groups excluding carboxylic acids is 1. The van der Waals surface area contributed by atoms with Gasteiger partial charge in [-0.05, 0) is 37.1 Å². The van der Waals surface area contributed by atoms with Crippen LogP contribution in [0.2, 0.25) is 0 Å². The summed E-state index contributed by atoms with van der Waals surface area (Å²) in [5, 5.41) is 0. The maximum absolute atomic E-state index is 10.6. The summed E-state index contributed by atoms with van der Waals surface area (Å²) in [6.45, 7) is 4.00. The molecule has 0 amide bonds. The van der Waals surface area contributed by atoms with E-state index >= 15 is 0 Å². The Balaban J connectivity index is 2.96. The zero-order valence-electron chi connectivity index (χ0n) is 8.66. The maximum atomic E-state index is 10.6. The first-order chi connectivity index (χ1) is 6.69. The van der Waals surface area contributed by atoms with E-state index in [9.17, 15) is 4.79 Å². The van der Waals surface area contributed by atoms with Crippen LogP contribution in [0.25, 0.3) is 0 Å². The second-order valence-corrected chi connectivity index (χ2v) is 3.14. The second-order valence-electron chi connectivity index (χ2n) is 3.14. The number of methoxy groups -OCH3 is 1. The molecule has 14 heavy (non-hydrogen) atoms. The molecule has 0 N–H and O–H groups in total. The third-order valence-electron chi connectivity index (χ3n) is 2.02. The molecule has 0 radical (unpaired) electrons. The van der Waals surface area contributed by atoms with Crippen molar-refractivity contribution >= 4 is 6.29 Å². The Morgan fingerprint density at radius 3 is 2.57 bits per heavy atom. The summed E-state index contributed by atoms with van der Waals surface area (Å²) < 4.78 is 10.1. The van der Waals surface area contributed by atoms with Gasteiger partial charge in [-0.3, -0.25) is 4.79 Å². The molecule has 0 fully saturated rings. The van der Waals surface area contributed by atoms with Crippen LogP contribution in [0.1, 0.15) is 21.5 Å². The van der Waals surface area contributed by atoms with Crippen LogP contribution in [0.3, 0.4) is 0 Å². The smallest absolute Gasteiger partial charge is 0.188 e. The lowest BCUT2D eigenvalue weighted by atomic mass is 10.1. The Kier molecular flexibility index (Phi) is 3.65. The number of aldehydes is 1. The van der Waals surface area contributed by atoms with Crippen LogP contribution in [-0.2, 0) is 4.74 Å². The number of hydrogen-bond acceptors (Lipinski definition) is 3. The molecule has 0 saturated heterocycles. The highest BCUT2D eigenvalue weighted by Gasteiger charge is 2.04. The first-order valence-corrected chi connectivity index (χ1v) is 4.37. The lowest BCUT2D eigenvalue weighted by molar-refractivity contribution is 0.0506. The molecule has 0 unspecified atom stereocenters. The number of hydrogen-bond donors (Lipinski definition) is 0. The zero-order chi connectivity index (χ0) is 10.6. The fourth-order valence-corrected chi connectivity index (χ4v) is 1.22. The third kappa shape index (κ3) is 2.33. The van der Waals surface area contributed by atoms with E-state index in [2.05, 4.69) is 0 Å². The molecule has 0 spiro atoms. The Morgan fingerprint density at radius 2 is 2.00 bits per heavy atom. The Labute approximate surface area is 83.6 Å². The Morgan fingerprint density at radius 1 is 1.29 bits per heavy atom. The summed E-state index contributed by atoms with van der Waals surface area (Å²) in [6.07, 6.45) is 0.850. The quantitative estimate of drug-likeness (QED) is 0.544. The van der Waals surface area contributed by atoms with Gasteiger partial charge in [0.1, 0.15) is 12.0 Å². The van der Waals surface area contributed by atoms with E-state index < -0.39 is 0 Å². The standard InChI is InChI=1S/C11H14O3/c1-8-5-11(14-7-13-3)9(2)4-10(8)6-12/h4-6H,7H2,1-3H3. The fourth-order valence-electron chi connectivity index (χ4n) is 1.22. The molecule has 0 aliphatic rings. The van der Waals surface area contributed by atoms with Gasteiger partial charge in [-0.1, -0.05) is 0 Å². The average molecular weight is 194 g/mol. The van der Waals surface area contributed by atoms with E-state index in [0.29, 0.717) is 5.56 Å². The van der Waals surface area contributed by atoms with Gasteiger partial charge < -0.3 is 9.47 Å². The molecule has 3 heteroatoms. The van der Waals surface area contributed by atoms with Crippen LogP contribution in [-0.4, -0.2) is 20.2 Å². The van der Waals surface area contributed by atoms with Crippen molar-refractivity contribution < 1.29 is 14.3 Å². The van der Waals surface area contributed by atoms with Crippen molar-refractivity contribution in [1.82, 2.24) is 0 Å². The van der Waals surface area contributed by atoms with Crippen molar-refractivity contribution in [3.05, 3.63) is 28.8 Å². The molecule has 1 rings (SSSR count). The van der Waals surface area contributed by atoms with Crippen molar-refractivity contribution in [3.8, 4) is 5.75 Å². The topological polar surface area (TPSA) is 35.5 Å². The molecule has 0 saturated carbocycles. The third-order valence-corrected chi connectivity index (χ3v) is 2.02. The maximum Gasteiger partial charge on any atom is 0.188 e. The molecule has 0 aromatic heterocycles. The van der Waals surface area contributed by atoms with Crippen LogP contribution in [0.4, 0.5) is 0 Å². The van der Waals surface area contributed by atoms with Gasteiger partial charge in [-0.25, -0.2) is 0 Å². The van der Waals surface area contributed by atoms with Gasteiger partial charge in [0, 0.05) is 12.7 Å². The summed E-state index contributed by atoms with van der Waals surface area (Å²) in [4.78, 5) is 10.6.